The molecule has 13 heteroatoms. The molecule has 4 N–H and O–H groups in total. The Labute approximate surface area is 191 Å². The van der Waals surface area contributed by atoms with Crippen LogP contribution in [0.1, 0.15) is 43.8 Å². The first-order valence-corrected chi connectivity index (χ1v) is 14.4. The second kappa shape index (κ2) is 9.68. The first kappa shape index (κ1) is 24.7. The summed E-state index contributed by atoms with van der Waals surface area (Å²) in [5, 5.41) is 11.4. The lowest BCUT2D eigenvalue weighted by molar-refractivity contribution is -0.00786. The van der Waals surface area contributed by atoms with Crippen molar-refractivity contribution in [3.63, 3.8) is 0 Å². The summed E-state index contributed by atoms with van der Waals surface area (Å²) in [6.45, 7) is -0.368. The Kier molecular flexibility index (Phi) is 7.24. The van der Waals surface area contributed by atoms with Crippen LogP contribution in [0.3, 0.4) is 0 Å². The molecule has 1 aromatic heterocycles. The van der Waals surface area contributed by atoms with E-state index in [1.807, 2.05) is 25.2 Å². The van der Waals surface area contributed by atoms with Crippen LogP contribution in [0, 0.1) is 0 Å². The van der Waals surface area contributed by atoms with Gasteiger partial charge in [-0.15, -0.1) is 0 Å². The zero-order valence-electron chi connectivity index (χ0n) is 18.2. The Morgan fingerprint density at radius 3 is 2.61 bits per heavy atom. The van der Waals surface area contributed by atoms with Gasteiger partial charge in [0.15, 0.2) is 5.90 Å². The molecule has 1 unspecified atom stereocenters. The van der Waals surface area contributed by atoms with Gasteiger partial charge in [-0.2, -0.15) is 0 Å². The molecule has 11 nitrogen and oxygen atoms in total. The first-order chi connectivity index (χ1) is 15.5. The van der Waals surface area contributed by atoms with Crippen LogP contribution in [-0.4, -0.2) is 67.6 Å². The Morgan fingerprint density at radius 1 is 1.18 bits per heavy atom. The fourth-order valence-corrected chi connectivity index (χ4v) is 7.20. The molecule has 182 valence electrons. The molecule has 1 aromatic carbocycles. The minimum atomic E-state index is -4.71. The smallest absolute Gasteiger partial charge is 0.340 e. The normalized spacial score (nSPS) is 26.0. The lowest BCUT2D eigenvalue weighted by atomic mass is 10.0. The summed E-state index contributed by atoms with van der Waals surface area (Å²) < 4.78 is 33.5. The highest BCUT2D eigenvalue weighted by atomic mass is 31.2. The molecule has 4 rings (SSSR count). The molecule has 1 aliphatic heterocycles. The number of nitrogens with zero attached hydrogens (tertiary/aromatic N) is 3. The van der Waals surface area contributed by atoms with Gasteiger partial charge in [-0.05, 0) is 30.5 Å². The van der Waals surface area contributed by atoms with Gasteiger partial charge in [-0.1, -0.05) is 18.9 Å². The molecule has 0 spiro atoms. The maximum atomic E-state index is 11.9. The van der Waals surface area contributed by atoms with Crippen molar-refractivity contribution in [3.8, 4) is 0 Å². The van der Waals surface area contributed by atoms with Gasteiger partial charge in [0.05, 0.1) is 24.3 Å². The third-order valence-corrected chi connectivity index (χ3v) is 9.65. The predicted molar refractivity (Wildman–Crippen MR) is 121 cm³/mol. The summed E-state index contributed by atoms with van der Waals surface area (Å²) in [5.41, 5.74) is 1.42. The highest BCUT2D eigenvalue weighted by Gasteiger charge is 2.38. The lowest BCUT2D eigenvalue weighted by Gasteiger charge is -2.26. The minimum Gasteiger partial charge on any atom is -0.390 e. The first-order valence-electron chi connectivity index (χ1n) is 10.8. The van der Waals surface area contributed by atoms with E-state index in [-0.39, 0.29) is 13.0 Å². The zero-order valence-corrected chi connectivity index (χ0v) is 20.0. The number of hydrogen-bond donors (Lipinski definition) is 4. The molecule has 1 saturated heterocycles. The molecule has 0 radical (unpaired) electrons. The summed E-state index contributed by atoms with van der Waals surface area (Å²) in [6, 6.07) is 6.05. The third-order valence-electron chi connectivity index (χ3n) is 6.19. The van der Waals surface area contributed by atoms with Crippen LogP contribution in [0.15, 0.2) is 24.5 Å². The Hall–Kier alpha value is -1.42. The van der Waals surface area contributed by atoms with Crippen molar-refractivity contribution >= 4 is 31.9 Å². The van der Waals surface area contributed by atoms with Gasteiger partial charge in [0, 0.05) is 24.9 Å². The number of aliphatic hydroxyl groups excluding tert-OH is 1. The van der Waals surface area contributed by atoms with Crippen molar-refractivity contribution in [1.29, 1.82) is 0 Å². The molecule has 33 heavy (non-hydrogen) atoms. The Morgan fingerprint density at radius 2 is 1.91 bits per heavy atom. The number of hydrogen-bond acceptors (Lipinski definition) is 8. The van der Waals surface area contributed by atoms with Crippen LogP contribution in [0.25, 0.3) is 10.9 Å². The van der Waals surface area contributed by atoms with Crippen LogP contribution in [0.2, 0.25) is 0 Å². The van der Waals surface area contributed by atoms with Crippen molar-refractivity contribution in [2.45, 2.75) is 56.5 Å². The summed E-state index contributed by atoms with van der Waals surface area (Å²) in [5.74, 6) is -0.401. The van der Waals surface area contributed by atoms with Gasteiger partial charge in [-0.25, -0.2) is 9.97 Å². The third kappa shape index (κ3) is 5.99. The van der Waals surface area contributed by atoms with Crippen LogP contribution in [0.4, 0.5) is 5.82 Å². The fourth-order valence-electron chi connectivity index (χ4n) is 4.61. The van der Waals surface area contributed by atoms with Crippen LogP contribution < -0.4 is 4.90 Å². The number of anilines is 1. The molecular formula is C20H29N3O8P2. The van der Waals surface area contributed by atoms with Crippen molar-refractivity contribution in [2.75, 3.05) is 24.5 Å². The van der Waals surface area contributed by atoms with E-state index in [1.165, 1.54) is 19.2 Å². The number of fused-ring (bicyclic) bond motifs is 1. The second-order valence-corrected chi connectivity index (χ2v) is 12.7. The number of aliphatic hydroxyl groups is 1. The van der Waals surface area contributed by atoms with E-state index in [2.05, 4.69) is 14.9 Å². The molecule has 0 bridgehead atoms. The molecular weight excluding hydrogens is 472 g/mol. The lowest BCUT2D eigenvalue weighted by Crippen LogP contribution is -2.29. The van der Waals surface area contributed by atoms with E-state index in [0.717, 1.165) is 29.6 Å². The van der Waals surface area contributed by atoms with Crippen molar-refractivity contribution < 1.29 is 38.2 Å². The van der Waals surface area contributed by atoms with Crippen LogP contribution in [0.5, 0.6) is 0 Å². The Balaban J connectivity index is 1.46. The maximum absolute atomic E-state index is 11.9. The molecule has 2 fully saturated rings. The number of rotatable bonds is 8. The monoisotopic (exact) mass is 501 g/mol. The van der Waals surface area contributed by atoms with E-state index >= 15 is 0 Å². The standard InChI is InChI=1S/C20H29N3O8P2/c1-23(14-4-2-3-5-14)20-16-7-6-13(8-17(16)21-11-22-20)19-18(24)9-15(31-19)10-30-33(28,29)12-32(25,26)27/h6-8,11,14-15,18-19,24H,2-5,9-10,12H2,1H3,(H,28,29)(H2,25,26,27)/t15-,18+,19-/m0/s1. The molecule has 2 aliphatic rings. The number of benzene rings is 1. The van der Waals surface area contributed by atoms with Gasteiger partial charge >= 0.3 is 15.2 Å². The van der Waals surface area contributed by atoms with Crippen molar-refractivity contribution in [3.05, 3.63) is 30.1 Å². The topological polar surface area (TPSA) is 163 Å². The molecule has 4 atom stereocenters. The molecule has 2 heterocycles. The van der Waals surface area contributed by atoms with Crippen LogP contribution in [-0.2, 0) is 18.4 Å². The number of aromatic nitrogens is 2. The van der Waals surface area contributed by atoms with Gasteiger partial charge in [-0.3, -0.25) is 9.13 Å². The van der Waals surface area contributed by atoms with E-state index in [4.69, 9.17) is 19.0 Å². The van der Waals surface area contributed by atoms with E-state index in [1.54, 1.807) is 0 Å². The van der Waals surface area contributed by atoms with Gasteiger partial charge < -0.3 is 33.9 Å². The fraction of sp³-hybridized carbons (Fsp3) is 0.600. The van der Waals surface area contributed by atoms with E-state index in [0.29, 0.717) is 11.6 Å². The Bertz CT molecular complexity index is 1090. The average Bonchev–Trinajstić information content (AvgIpc) is 3.39. The van der Waals surface area contributed by atoms with Gasteiger partial charge in [0.1, 0.15) is 18.2 Å². The molecule has 1 aliphatic carbocycles. The van der Waals surface area contributed by atoms with Crippen molar-refractivity contribution in [2.24, 2.45) is 0 Å². The molecule has 2 aromatic rings. The number of ether oxygens (including phenoxy) is 1. The minimum absolute atomic E-state index is 0.151. The average molecular weight is 501 g/mol. The van der Waals surface area contributed by atoms with Gasteiger partial charge in [0.2, 0.25) is 0 Å². The van der Waals surface area contributed by atoms with Crippen LogP contribution >= 0.6 is 15.2 Å². The van der Waals surface area contributed by atoms with E-state index < -0.39 is 39.4 Å². The SMILES string of the molecule is CN(c1ncnc2cc([C@@H]3O[C@H](COP(=O)(O)CP(=O)(O)O)C[C@H]3O)ccc12)C1CCCC1. The van der Waals surface area contributed by atoms with E-state index in [9.17, 15) is 19.1 Å². The zero-order chi connectivity index (χ0) is 23.8. The predicted octanol–water partition coefficient (Wildman–Crippen LogP) is 2.54. The quantitative estimate of drug-likeness (QED) is 0.393. The second-order valence-electron chi connectivity index (χ2n) is 8.74. The summed E-state index contributed by atoms with van der Waals surface area (Å²) in [6.07, 6.45) is 4.12. The summed E-state index contributed by atoms with van der Waals surface area (Å²) in [4.78, 5) is 38.5. The highest BCUT2D eigenvalue weighted by Crippen LogP contribution is 2.55. The maximum Gasteiger partial charge on any atom is 0.340 e. The summed E-state index contributed by atoms with van der Waals surface area (Å²) in [7, 11) is -7.14. The largest absolute Gasteiger partial charge is 0.390 e. The molecule has 0 amide bonds. The molecule has 1 saturated carbocycles. The highest BCUT2D eigenvalue weighted by molar-refractivity contribution is 7.70. The summed E-state index contributed by atoms with van der Waals surface area (Å²) >= 11 is 0. The van der Waals surface area contributed by atoms with Crippen molar-refractivity contribution in [1.82, 2.24) is 9.97 Å². The van der Waals surface area contributed by atoms with Gasteiger partial charge in [0.25, 0.3) is 0 Å².